The van der Waals surface area contributed by atoms with Gasteiger partial charge in [0.2, 0.25) is 0 Å². The lowest BCUT2D eigenvalue weighted by molar-refractivity contribution is -0.147. The second-order valence-electron chi connectivity index (χ2n) is 4.87. The van der Waals surface area contributed by atoms with E-state index in [1.54, 1.807) is 10.7 Å². The molecule has 2 aromatic rings. The summed E-state index contributed by atoms with van der Waals surface area (Å²) in [6, 6.07) is 5.48. The molecule has 1 aromatic carbocycles. The van der Waals surface area contributed by atoms with Gasteiger partial charge in [-0.05, 0) is 31.0 Å². The Kier molecular flexibility index (Phi) is 2.38. The van der Waals surface area contributed by atoms with Crippen LogP contribution in [-0.2, 0) is 17.3 Å². The van der Waals surface area contributed by atoms with Crippen LogP contribution in [0.3, 0.4) is 0 Å². The molecule has 18 heavy (non-hydrogen) atoms. The largest absolute Gasteiger partial charge is 0.481 e. The molecule has 1 aliphatic carbocycles. The van der Waals surface area contributed by atoms with Crippen molar-refractivity contribution in [3.63, 3.8) is 0 Å². The molecular formula is C13H13ClN2O2. The maximum atomic E-state index is 11.6. The zero-order valence-electron chi connectivity index (χ0n) is 9.98. The van der Waals surface area contributed by atoms with Gasteiger partial charge < -0.3 is 5.11 Å². The Morgan fingerprint density at radius 1 is 1.50 bits per heavy atom. The minimum atomic E-state index is -0.815. The van der Waals surface area contributed by atoms with Crippen molar-refractivity contribution in [2.75, 3.05) is 0 Å². The molecule has 0 saturated heterocycles. The summed E-state index contributed by atoms with van der Waals surface area (Å²) in [6.45, 7) is 0. The Labute approximate surface area is 109 Å². The van der Waals surface area contributed by atoms with Crippen molar-refractivity contribution in [2.24, 2.45) is 7.05 Å². The van der Waals surface area contributed by atoms with Gasteiger partial charge in [-0.15, -0.1) is 0 Å². The lowest BCUT2D eigenvalue weighted by Crippen LogP contribution is -2.42. The highest BCUT2D eigenvalue weighted by atomic mass is 35.5. The first-order chi connectivity index (χ1) is 8.54. The van der Waals surface area contributed by atoms with E-state index in [-0.39, 0.29) is 0 Å². The number of hydrogen-bond donors (Lipinski definition) is 1. The number of benzene rings is 1. The number of nitrogens with zero attached hydrogens (tertiary/aromatic N) is 2. The van der Waals surface area contributed by atoms with Gasteiger partial charge in [0.05, 0.1) is 11.2 Å². The maximum Gasteiger partial charge on any atom is 0.315 e. The number of carbonyl (C=O) groups is 1. The van der Waals surface area contributed by atoms with E-state index >= 15 is 0 Å². The number of rotatable bonds is 2. The van der Waals surface area contributed by atoms with E-state index in [0.29, 0.717) is 23.6 Å². The second-order valence-corrected chi connectivity index (χ2v) is 5.31. The SMILES string of the molecule is Cn1nc(C2(C(=O)O)CCC2)c2cc(Cl)ccc21. The van der Waals surface area contributed by atoms with E-state index in [1.807, 2.05) is 19.2 Å². The van der Waals surface area contributed by atoms with Gasteiger partial charge in [-0.2, -0.15) is 5.10 Å². The third-order valence-corrected chi connectivity index (χ3v) is 4.12. The molecule has 4 nitrogen and oxygen atoms in total. The Morgan fingerprint density at radius 2 is 2.22 bits per heavy atom. The van der Waals surface area contributed by atoms with E-state index in [1.165, 1.54) is 0 Å². The first-order valence-electron chi connectivity index (χ1n) is 5.91. The molecule has 3 rings (SSSR count). The van der Waals surface area contributed by atoms with Crippen LogP contribution in [0.2, 0.25) is 5.02 Å². The van der Waals surface area contributed by atoms with Crippen molar-refractivity contribution in [3.05, 3.63) is 28.9 Å². The van der Waals surface area contributed by atoms with E-state index < -0.39 is 11.4 Å². The Bertz CT molecular complexity index is 644. The smallest absolute Gasteiger partial charge is 0.315 e. The molecular weight excluding hydrogens is 252 g/mol. The number of aromatic nitrogens is 2. The predicted molar refractivity (Wildman–Crippen MR) is 68.9 cm³/mol. The van der Waals surface area contributed by atoms with Gasteiger partial charge in [-0.3, -0.25) is 9.48 Å². The first-order valence-corrected chi connectivity index (χ1v) is 6.28. The summed E-state index contributed by atoms with van der Waals surface area (Å²) in [5.74, 6) is -0.784. The molecule has 1 heterocycles. The third kappa shape index (κ3) is 1.38. The molecule has 5 heteroatoms. The number of aliphatic carboxylic acids is 1. The first kappa shape index (κ1) is 11.5. The van der Waals surface area contributed by atoms with Crippen LogP contribution in [0, 0.1) is 0 Å². The van der Waals surface area contributed by atoms with E-state index in [4.69, 9.17) is 11.6 Å². The molecule has 0 spiro atoms. The normalized spacial score (nSPS) is 17.7. The van der Waals surface area contributed by atoms with Crippen molar-refractivity contribution in [2.45, 2.75) is 24.7 Å². The van der Waals surface area contributed by atoms with E-state index in [2.05, 4.69) is 5.10 Å². The highest BCUT2D eigenvalue weighted by Crippen LogP contribution is 2.46. The summed E-state index contributed by atoms with van der Waals surface area (Å²) < 4.78 is 1.73. The zero-order valence-corrected chi connectivity index (χ0v) is 10.7. The van der Waals surface area contributed by atoms with Crippen molar-refractivity contribution in [3.8, 4) is 0 Å². The fraction of sp³-hybridized carbons (Fsp3) is 0.385. The maximum absolute atomic E-state index is 11.6. The van der Waals surface area contributed by atoms with E-state index in [9.17, 15) is 9.90 Å². The summed E-state index contributed by atoms with van der Waals surface area (Å²) in [4.78, 5) is 11.6. The van der Waals surface area contributed by atoms with Crippen LogP contribution < -0.4 is 0 Å². The molecule has 94 valence electrons. The van der Waals surface area contributed by atoms with Gasteiger partial charge in [0.1, 0.15) is 5.41 Å². The van der Waals surface area contributed by atoms with Gasteiger partial charge in [0.25, 0.3) is 0 Å². The molecule has 0 aliphatic heterocycles. The monoisotopic (exact) mass is 264 g/mol. The van der Waals surface area contributed by atoms with Crippen LogP contribution >= 0.6 is 11.6 Å². The highest BCUT2D eigenvalue weighted by molar-refractivity contribution is 6.31. The molecule has 1 aromatic heterocycles. The standard InChI is InChI=1S/C13H13ClN2O2/c1-16-10-4-3-8(14)7-9(10)11(15-16)13(12(17)18)5-2-6-13/h3-4,7H,2,5-6H2,1H3,(H,17,18). The van der Waals surface area contributed by atoms with Crippen LogP contribution in [0.5, 0.6) is 0 Å². The quantitative estimate of drug-likeness (QED) is 0.907. The fourth-order valence-corrected chi connectivity index (χ4v) is 2.85. The number of hydrogen-bond acceptors (Lipinski definition) is 2. The average Bonchev–Trinajstić information content (AvgIpc) is 2.54. The number of fused-ring (bicyclic) bond motifs is 1. The summed E-state index contributed by atoms with van der Waals surface area (Å²) in [6.07, 6.45) is 2.24. The predicted octanol–water partition coefficient (Wildman–Crippen LogP) is 2.73. The topological polar surface area (TPSA) is 55.1 Å². The Balaban J connectivity index is 2.29. The number of carboxylic acids is 1. The summed E-state index contributed by atoms with van der Waals surface area (Å²) in [5, 5.41) is 15.4. The second kappa shape index (κ2) is 3.72. The molecule has 0 bridgehead atoms. The molecule has 0 radical (unpaired) electrons. The molecule has 1 aliphatic rings. The Morgan fingerprint density at radius 3 is 2.78 bits per heavy atom. The van der Waals surface area contributed by atoms with E-state index in [0.717, 1.165) is 17.3 Å². The third-order valence-electron chi connectivity index (χ3n) is 3.88. The van der Waals surface area contributed by atoms with Crippen LogP contribution in [0.15, 0.2) is 18.2 Å². The van der Waals surface area contributed by atoms with Gasteiger partial charge in [0, 0.05) is 17.5 Å². The van der Waals surface area contributed by atoms with Crippen molar-refractivity contribution in [1.82, 2.24) is 9.78 Å². The van der Waals surface area contributed by atoms with Crippen molar-refractivity contribution < 1.29 is 9.90 Å². The lowest BCUT2D eigenvalue weighted by atomic mass is 9.66. The highest BCUT2D eigenvalue weighted by Gasteiger charge is 2.49. The molecule has 1 fully saturated rings. The van der Waals surface area contributed by atoms with Crippen molar-refractivity contribution in [1.29, 1.82) is 0 Å². The molecule has 0 amide bonds. The summed E-state index contributed by atoms with van der Waals surface area (Å²) in [5.41, 5.74) is 0.757. The molecule has 1 N–H and O–H groups in total. The Hall–Kier alpha value is -1.55. The zero-order chi connectivity index (χ0) is 12.9. The van der Waals surface area contributed by atoms with Crippen molar-refractivity contribution >= 4 is 28.5 Å². The van der Waals surface area contributed by atoms with Gasteiger partial charge in [0.15, 0.2) is 0 Å². The van der Waals surface area contributed by atoms with Crippen LogP contribution in [0.4, 0.5) is 0 Å². The summed E-state index contributed by atoms with van der Waals surface area (Å²) >= 11 is 6.01. The minimum absolute atomic E-state index is 0.608. The number of halogens is 1. The minimum Gasteiger partial charge on any atom is -0.481 e. The van der Waals surface area contributed by atoms with Crippen LogP contribution in [-0.4, -0.2) is 20.9 Å². The lowest BCUT2D eigenvalue weighted by Gasteiger charge is -2.36. The van der Waals surface area contributed by atoms with Crippen LogP contribution in [0.25, 0.3) is 10.9 Å². The average molecular weight is 265 g/mol. The number of carboxylic acid groups (broad SMARTS) is 1. The fourth-order valence-electron chi connectivity index (χ4n) is 2.67. The molecule has 0 unspecified atom stereocenters. The molecule has 0 atom stereocenters. The summed E-state index contributed by atoms with van der Waals surface area (Å²) in [7, 11) is 1.83. The van der Waals surface area contributed by atoms with Gasteiger partial charge >= 0.3 is 5.97 Å². The number of aryl methyl sites for hydroxylation is 1. The van der Waals surface area contributed by atoms with Crippen LogP contribution in [0.1, 0.15) is 25.0 Å². The van der Waals surface area contributed by atoms with Gasteiger partial charge in [-0.25, -0.2) is 0 Å². The molecule has 1 saturated carbocycles. The van der Waals surface area contributed by atoms with Gasteiger partial charge in [-0.1, -0.05) is 18.0 Å².